The highest BCUT2D eigenvalue weighted by atomic mass is 35.5. The molecule has 0 aliphatic rings. The third-order valence-electron chi connectivity index (χ3n) is 2.38. The molecule has 0 unspecified atom stereocenters. The molecule has 0 saturated heterocycles. The highest BCUT2D eigenvalue weighted by molar-refractivity contribution is 6.29. The molecule has 0 fully saturated rings. The predicted octanol–water partition coefficient (Wildman–Crippen LogP) is 3.05. The number of hydrogen-bond acceptors (Lipinski definition) is 2. The molecule has 2 rings (SSSR count). The topological polar surface area (TPSA) is 46.9 Å². The fraction of sp³-hybridized carbons (Fsp3) is 0.167. The number of aromatic nitrogens is 2. The zero-order valence-electron chi connectivity index (χ0n) is 9.69. The van der Waals surface area contributed by atoms with Crippen LogP contribution in [0.4, 0.5) is 14.5 Å². The van der Waals surface area contributed by atoms with E-state index in [1.165, 1.54) is 35.2 Å². The van der Waals surface area contributed by atoms with Gasteiger partial charge in [0.15, 0.2) is 0 Å². The lowest BCUT2D eigenvalue weighted by Gasteiger charge is -2.09. The molecule has 0 radical (unpaired) electrons. The Morgan fingerprint density at radius 1 is 1.42 bits per heavy atom. The fourth-order valence-electron chi connectivity index (χ4n) is 1.57. The normalized spacial score (nSPS) is 10.7. The van der Waals surface area contributed by atoms with Crippen molar-refractivity contribution in [2.24, 2.45) is 0 Å². The van der Waals surface area contributed by atoms with Crippen LogP contribution in [0.1, 0.15) is 10.5 Å². The first-order valence-corrected chi connectivity index (χ1v) is 5.80. The molecule has 4 nitrogen and oxygen atoms in total. The minimum Gasteiger partial charge on any atom is -0.338 e. The maximum Gasteiger partial charge on any atom is 0.272 e. The van der Waals surface area contributed by atoms with E-state index < -0.39 is 18.9 Å². The largest absolute Gasteiger partial charge is 0.338 e. The predicted molar refractivity (Wildman–Crippen MR) is 67.6 cm³/mol. The Kier molecular flexibility index (Phi) is 4.11. The van der Waals surface area contributed by atoms with E-state index in [-0.39, 0.29) is 5.69 Å². The number of amides is 1. The first kappa shape index (κ1) is 13.5. The lowest BCUT2D eigenvalue weighted by molar-refractivity contribution is 0.0997. The average Bonchev–Trinajstić information content (AvgIpc) is 2.79. The third kappa shape index (κ3) is 3.51. The fourth-order valence-corrected chi connectivity index (χ4v) is 1.68. The van der Waals surface area contributed by atoms with Crippen LogP contribution < -0.4 is 5.32 Å². The van der Waals surface area contributed by atoms with E-state index in [0.717, 1.165) is 0 Å². The monoisotopic (exact) mass is 285 g/mol. The summed E-state index contributed by atoms with van der Waals surface area (Å²) in [6.07, 6.45) is 0.304. The van der Waals surface area contributed by atoms with Crippen LogP contribution in [0.15, 0.2) is 36.7 Å². The summed E-state index contributed by atoms with van der Waals surface area (Å²) in [7, 11) is 0. The van der Waals surface area contributed by atoms with Crippen LogP contribution >= 0.6 is 11.6 Å². The molecule has 7 heteroatoms. The Balaban J connectivity index is 2.11. The van der Waals surface area contributed by atoms with Gasteiger partial charge in [0.1, 0.15) is 10.8 Å². The number of nitrogens with zero attached hydrogens (tertiary/aromatic N) is 2. The molecule has 0 aliphatic carbocycles. The molecule has 2 aromatic rings. The zero-order valence-corrected chi connectivity index (χ0v) is 10.4. The smallest absolute Gasteiger partial charge is 0.272 e. The van der Waals surface area contributed by atoms with Gasteiger partial charge in [0.25, 0.3) is 12.3 Å². The molecule has 0 saturated carbocycles. The molecule has 0 aliphatic heterocycles. The number of alkyl halides is 2. The molecular formula is C12H10ClF2N3O. The standard InChI is InChI=1S/C12H10ClF2N3O/c13-10-4-3-8(6-16-10)17-12(19)9-2-1-5-18(9)7-11(14)15/h1-6,11H,7H2,(H,17,19). The van der Waals surface area contributed by atoms with Gasteiger partial charge in [-0.15, -0.1) is 0 Å². The van der Waals surface area contributed by atoms with Gasteiger partial charge in [-0.3, -0.25) is 4.79 Å². The molecule has 2 aromatic heterocycles. The average molecular weight is 286 g/mol. The highest BCUT2D eigenvalue weighted by Crippen LogP contribution is 2.12. The van der Waals surface area contributed by atoms with Crippen molar-refractivity contribution in [1.82, 2.24) is 9.55 Å². The third-order valence-corrected chi connectivity index (χ3v) is 2.61. The van der Waals surface area contributed by atoms with Crippen LogP contribution in [-0.2, 0) is 6.54 Å². The van der Waals surface area contributed by atoms with Crippen molar-refractivity contribution < 1.29 is 13.6 Å². The van der Waals surface area contributed by atoms with E-state index in [1.54, 1.807) is 6.07 Å². The van der Waals surface area contributed by atoms with Crippen molar-refractivity contribution in [2.75, 3.05) is 5.32 Å². The number of rotatable bonds is 4. The van der Waals surface area contributed by atoms with E-state index in [4.69, 9.17) is 11.6 Å². The molecule has 2 heterocycles. The zero-order chi connectivity index (χ0) is 13.8. The van der Waals surface area contributed by atoms with Crippen molar-refractivity contribution in [2.45, 2.75) is 13.0 Å². The molecule has 1 amide bonds. The summed E-state index contributed by atoms with van der Waals surface area (Å²) in [5, 5.41) is 2.86. The van der Waals surface area contributed by atoms with Crippen LogP contribution in [-0.4, -0.2) is 21.9 Å². The number of carbonyl (C=O) groups is 1. The second kappa shape index (κ2) is 5.79. The summed E-state index contributed by atoms with van der Waals surface area (Å²) in [5.41, 5.74) is 0.606. The SMILES string of the molecule is O=C(Nc1ccc(Cl)nc1)c1cccn1CC(F)F. The van der Waals surface area contributed by atoms with Gasteiger partial charge in [-0.25, -0.2) is 13.8 Å². The first-order chi connectivity index (χ1) is 9.06. The summed E-state index contributed by atoms with van der Waals surface area (Å²) in [5.74, 6) is -0.477. The minimum atomic E-state index is -2.52. The lowest BCUT2D eigenvalue weighted by Crippen LogP contribution is -2.18. The maximum atomic E-state index is 12.3. The molecule has 0 bridgehead atoms. The maximum absolute atomic E-state index is 12.3. The highest BCUT2D eigenvalue weighted by Gasteiger charge is 2.14. The van der Waals surface area contributed by atoms with E-state index in [1.807, 2.05) is 0 Å². The number of anilines is 1. The summed E-state index contributed by atoms with van der Waals surface area (Å²) in [6, 6.07) is 6.11. The van der Waals surface area contributed by atoms with Crippen molar-refractivity contribution >= 4 is 23.2 Å². The minimum absolute atomic E-state index is 0.162. The van der Waals surface area contributed by atoms with E-state index in [2.05, 4.69) is 10.3 Å². The Morgan fingerprint density at radius 3 is 2.84 bits per heavy atom. The molecule has 19 heavy (non-hydrogen) atoms. The second-order valence-electron chi connectivity index (χ2n) is 3.76. The molecule has 1 N–H and O–H groups in total. The number of halogens is 3. The Morgan fingerprint density at radius 2 is 2.21 bits per heavy atom. The Hall–Kier alpha value is -1.95. The van der Waals surface area contributed by atoms with E-state index in [0.29, 0.717) is 10.8 Å². The quantitative estimate of drug-likeness (QED) is 0.878. The summed E-state index contributed by atoms with van der Waals surface area (Å²) in [6.45, 7) is -0.519. The van der Waals surface area contributed by atoms with Crippen molar-refractivity contribution in [3.05, 3.63) is 47.5 Å². The first-order valence-electron chi connectivity index (χ1n) is 5.42. The molecule has 0 spiro atoms. The number of carbonyl (C=O) groups excluding carboxylic acids is 1. The van der Waals surface area contributed by atoms with E-state index in [9.17, 15) is 13.6 Å². The van der Waals surface area contributed by atoms with Gasteiger partial charge >= 0.3 is 0 Å². The number of hydrogen-bond donors (Lipinski definition) is 1. The summed E-state index contributed by atoms with van der Waals surface area (Å²) in [4.78, 5) is 15.7. The van der Waals surface area contributed by atoms with Crippen molar-refractivity contribution in [1.29, 1.82) is 0 Å². The number of nitrogens with one attached hydrogen (secondary N) is 1. The Labute approximate surface area is 113 Å². The lowest BCUT2D eigenvalue weighted by atomic mass is 10.3. The van der Waals surface area contributed by atoms with Gasteiger partial charge in [-0.05, 0) is 24.3 Å². The summed E-state index contributed by atoms with van der Waals surface area (Å²) < 4.78 is 25.9. The van der Waals surface area contributed by atoms with Gasteiger partial charge in [0.05, 0.1) is 18.4 Å². The van der Waals surface area contributed by atoms with Crippen molar-refractivity contribution in [3.8, 4) is 0 Å². The van der Waals surface area contributed by atoms with Crippen LogP contribution in [0.2, 0.25) is 5.15 Å². The van der Waals surface area contributed by atoms with Crippen LogP contribution in [0.5, 0.6) is 0 Å². The number of pyridine rings is 1. The Bertz CT molecular complexity index is 569. The molecule has 0 aromatic carbocycles. The van der Waals surface area contributed by atoms with Gasteiger partial charge < -0.3 is 9.88 Å². The molecular weight excluding hydrogens is 276 g/mol. The molecule has 100 valence electrons. The second-order valence-corrected chi connectivity index (χ2v) is 4.15. The van der Waals surface area contributed by atoms with Gasteiger partial charge in [0, 0.05) is 6.20 Å². The van der Waals surface area contributed by atoms with E-state index >= 15 is 0 Å². The van der Waals surface area contributed by atoms with Gasteiger partial charge in [0.2, 0.25) is 0 Å². The van der Waals surface area contributed by atoms with Crippen LogP contribution in [0.25, 0.3) is 0 Å². The van der Waals surface area contributed by atoms with Gasteiger partial charge in [-0.2, -0.15) is 0 Å². The van der Waals surface area contributed by atoms with Crippen molar-refractivity contribution in [3.63, 3.8) is 0 Å². The van der Waals surface area contributed by atoms with Crippen LogP contribution in [0.3, 0.4) is 0 Å². The summed E-state index contributed by atoms with van der Waals surface area (Å²) >= 11 is 5.62. The molecule has 0 atom stereocenters. The van der Waals surface area contributed by atoms with Gasteiger partial charge in [-0.1, -0.05) is 11.6 Å². The van der Waals surface area contributed by atoms with Crippen LogP contribution in [0, 0.1) is 0 Å².